The summed E-state index contributed by atoms with van der Waals surface area (Å²) in [4.78, 5) is 28.2. The summed E-state index contributed by atoms with van der Waals surface area (Å²) in [6.45, 7) is 5.43. The van der Waals surface area contributed by atoms with Gasteiger partial charge in [-0.15, -0.1) is 0 Å². The molecule has 1 aromatic carbocycles. The van der Waals surface area contributed by atoms with Gasteiger partial charge in [-0.05, 0) is 50.2 Å². The third-order valence-corrected chi connectivity index (χ3v) is 8.41. The Balaban J connectivity index is 1.48. The zero-order valence-corrected chi connectivity index (χ0v) is 16.5. The molecule has 0 bridgehead atoms. The van der Waals surface area contributed by atoms with Crippen molar-refractivity contribution in [1.82, 2.24) is 14.1 Å². The smallest absolute Gasteiger partial charge is 0.312 e. The van der Waals surface area contributed by atoms with E-state index in [-0.39, 0.29) is 23.4 Å². The highest BCUT2D eigenvalue weighted by Crippen LogP contribution is 2.46. The van der Waals surface area contributed by atoms with Gasteiger partial charge in [-0.3, -0.25) is 9.69 Å². The van der Waals surface area contributed by atoms with E-state index >= 15 is 0 Å². The van der Waals surface area contributed by atoms with Crippen molar-refractivity contribution in [3.63, 3.8) is 0 Å². The number of fused-ring (bicyclic) bond motifs is 1. The Kier molecular flexibility index (Phi) is 4.31. The quantitative estimate of drug-likeness (QED) is 0.737. The van der Waals surface area contributed by atoms with Crippen molar-refractivity contribution in [1.29, 1.82) is 0 Å². The van der Waals surface area contributed by atoms with Crippen LogP contribution in [0.25, 0.3) is 0 Å². The number of aryl methyl sites for hydroxylation is 1. The number of hydrogen-bond acceptors (Lipinski definition) is 4. The van der Waals surface area contributed by atoms with Crippen LogP contribution in [0.3, 0.4) is 0 Å². The van der Waals surface area contributed by atoms with Crippen molar-refractivity contribution < 1.29 is 18.0 Å². The van der Waals surface area contributed by atoms with Crippen molar-refractivity contribution >= 4 is 22.0 Å². The summed E-state index contributed by atoms with van der Waals surface area (Å²) in [5, 5.41) is 0. The SMILES string of the molecule is CCN1C(=O)C2CC3(CCN(S(=O)(=O)c4ccccc4C)CC3)CN2C1=O. The molecule has 1 spiro atoms. The predicted octanol–water partition coefficient (Wildman–Crippen LogP) is 1.82. The molecule has 3 fully saturated rings. The Labute approximate surface area is 160 Å². The monoisotopic (exact) mass is 391 g/mol. The minimum absolute atomic E-state index is 0.102. The fourth-order valence-corrected chi connectivity index (χ4v) is 6.41. The first-order valence-electron chi connectivity index (χ1n) is 9.47. The molecule has 3 amide bonds. The van der Waals surface area contributed by atoms with E-state index in [1.54, 1.807) is 34.3 Å². The summed E-state index contributed by atoms with van der Waals surface area (Å²) in [6, 6.07) is 6.47. The van der Waals surface area contributed by atoms with E-state index in [0.29, 0.717) is 50.3 Å². The first kappa shape index (κ1) is 18.4. The van der Waals surface area contributed by atoms with E-state index in [2.05, 4.69) is 0 Å². The standard InChI is InChI=1S/C19H25N3O4S/c1-3-21-17(23)15-12-19(13-22(15)18(21)24)8-10-20(11-9-19)27(25,26)16-7-5-4-6-14(16)2/h4-7,15H,3,8-13H2,1-2H3. The van der Waals surface area contributed by atoms with Gasteiger partial charge in [0.1, 0.15) is 6.04 Å². The Morgan fingerprint density at radius 1 is 1.15 bits per heavy atom. The maximum absolute atomic E-state index is 13.0. The molecule has 1 unspecified atom stereocenters. The zero-order valence-electron chi connectivity index (χ0n) is 15.7. The van der Waals surface area contributed by atoms with Gasteiger partial charge in [-0.25, -0.2) is 13.2 Å². The minimum atomic E-state index is -3.51. The number of likely N-dealkylation sites (N-methyl/N-ethyl adjacent to an activating group) is 1. The first-order chi connectivity index (χ1) is 12.8. The molecule has 8 heteroatoms. The van der Waals surface area contributed by atoms with Crippen molar-refractivity contribution in [2.45, 2.75) is 44.0 Å². The Bertz CT molecular complexity index is 864. The number of carbonyl (C=O) groups is 2. The number of nitrogens with zero attached hydrogens (tertiary/aromatic N) is 3. The number of sulfonamides is 1. The lowest BCUT2D eigenvalue weighted by molar-refractivity contribution is -0.128. The second-order valence-corrected chi connectivity index (χ2v) is 9.79. The van der Waals surface area contributed by atoms with Crippen LogP contribution in [0, 0.1) is 12.3 Å². The maximum Gasteiger partial charge on any atom is 0.327 e. The molecule has 0 radical (unpaired) electrons. The fraction of sp³-hybridized carbons (Fsp3) is 0.579. The average molecular weight is 391 g/mol. The molecule has 27 heavy (non-hydrogen) atoms. The van der Waals surface area contributed by atoms with Crippen LogP contribution < -0.4 is 0 Å². The van der Waals surface area contributed by atoms with Gasteiger partial charge in [0.05, 0.1) is 4.90 Å². The maximum atomic E-state index is 13.0. The van der Waals surface area contributed by atoms with Gasteiger partial charge in [0.2, 0.25) is 10.0 Å². The molecule has 3 aliphatic heterocycles. The first-order valence-corrected chi connectivity index (χ1v) is 10.9. The summed E-state index contributed by atoms with van der Waals surface area (Å²) in [7, 11) is -3.51. The third-order valence-electron chi connectivity index (χ3n) is 6.35. The molecular formula is C19H25N3O4S. The van der Waals surface area contributed by atoms with Gasteiger partial charge >= 0.3 is 6.03 Å². The number of carbonyl (C=O) groups excluding carboxylic acids is 2. The largest absolute Gasteiger partial charge is 0.327 e. The van der Waals surface area contributed by atoms with E-state index in [1.807, 2.05) is 13.0 Å². The van der Waals surface area contributed by atoms with Gasteiger partial charge in [-0.2, -0.15) is 4.31 Å². The van der Waals surface area contributed by atoms with Crippen LogP contribution in [0.2, 0.25) is 0 Å². The van der Waals surface area contributed by atoms with E-state index in [1.165, 1.54) is 4.90 Å². The van der Waals surface area contributed by atoms with Gasteiger partial charge in [0, 0.05) is 26.2 Å². The molecule has 0 saturated carbocycles. The van der Waals surface area contributed by atoms with E-state index in [4.69, 9.17) is 0 Å². The predicted molar refractivity (Wildman–Crippen MR) is 99.5 cm³/mol. The second kappa shape index (κ2) is 6.31. The normalized spacial score (nSPS) is 25.5. The molecule has 0 N–H and O–H groups in total. The van der Waals surface area contributed by atoms with Gasteiger partial charge in [-0.1, -0.05) is 18.2 Å². The summed E-state index contributed by atoms with van der Waals surface area (Å²) in [5.74, 6) is -0.102. The molecule has 1 aromatic rings. The van der Waals surface area contributed by atoms with Gasteiger partial charge in [0.25, 0.3) is 5.91 Å². The van der Waals surface area contributed by atoms with Crippen LogP contribution in [0.5, 0.6) is 0 Å². The van der Waals surface area contributed by atoms with Crippen LogP contribution in [0.4, 0.5) is 4.79 Å². The molecule has 146 valence electrons. The fourth-order valence-electron chi connectivity index (χ4n) is 4.75. The van der Waals surface area contributed by atoms with Crippen molar-refractivity contribution in [3.8, 4) is 0 Å². The molecule has 3 aliphatic rings. The third kappa shape index (κ3) is 2.77. The van der Waals surface area contributed by atoms with E-state index in [0.717, 1.165) is 5.56 Å². The highest BCUT2D eigenvalue weighted by molar-refractivity contribution is 7.89. The number of benzene rings is 1. The second-order valence-electron chi connectivity index (χ2n) is 7.88. The van der Waals surface area contributed by atoms with E-state index in [9.17, 15) is 18.0 Å². The highest BCUT2D eigenvalue weighted by Gasteiger charge is 2.56. The summed E-state index contributed by atoms with van der Waals surface area (Å²) in [5.41, 5.74) is 0.600. The average Bonchev–Trinajstić information content (AvgIpc) is 3.11. The van der Waals surface area contributed by atoms with Gasteiger partial charge in [0.15, 0.2) is 0 Å². The van der Waals surface area contributed by atoms with E-state index < -0.39 is 10.0 Å². The highest BCUT2D eigenvalue weighted by atomic mass is 32.2. The molecule has 3 saturated heterocycles. The number of imide groups is 1. The van der Waals surface area contributed by atoms with Crippen LogP contribution >= 0.6 is 0 Å². The Morgan fingerprint density at radius 3 is 2.41 bits per heavy atom. The molecule has 3 heterocycles. The summed E-state index contributed by atoms with van der Waals surface area (Å²) < 4.78 is 27.5. The van der Waals surface area contributed by atoms with Crippen LogP contribution in [0.15, 0.2) is 29.2 Å². The number of piperidine rings is 1. The van der Waals surface area contributed by atoms with Gasteiger partial charge < -0.3 is 4.90 Å². The number of hydrogen-bond donors (Lipinski definition) is 0. The number of urea groups is 1. The lowest BCUT2D eigenvalue weighted by atomic mass is 9.77. The Hall–Kier alpha value is -1.93. The molecule has 0 aliphatic carbocycles. The van der Waals surface area contributed by atoms with Crippen molar-refractivity contribution in [2.75, 3.05) is 26.2 Å². The lowest BCUT2D eigenvalue weighted by Gasteiger charge is -2.39. The van der Waals surface area contributed by atoms with Crippen molar-refractivity contribution in [2.24, 2.45) is 5.41 Å². The van der Waals surface area contributed by atoms with Crippen LogP contribution in [-0.2, 0) is 14.8 Å². The zero-order chi connectivity index (χ0) is 19.4. The minimum Gasteiger partial charge on any atom is -0.312 e. The van der Waals surface area contributed by atoms with Crippen LogP contribution in [0.1, 0.15) is 31.7 Å². The van der Waals surface area contributed by atoms with Crippen molar-refractivity contribution in [3.05, 3.63) is 29.8 Å². The Morgan fingerprint density at radius 2 is 1.81 bits per heavy atom. The molecule has 7 nitrogen and oxygen atoms in total. The number of amides is 3. The summed E-state index contributed by atoms with van der Waals surface area (Å²) >= 11 is 0. The molecular weight excluding hydrogens is 366 g/mol. The molecule has 0 aromatic heterocycles. The summed E-state index contributed by atoms with van der Waals surface area (Å²) in [6.07, 6.45) is 2.00. The van der Waals surface area contributed by atoms with Crippen LogP contribution in [-0.4, -0.2) is 66.7 Å². The molecule has 4 rings (SSSR count). The lowest BCUT2D eigenvalue weighted by Crippen LogP contribution is -2.45. The number of rotatable bonds is 3. The molecule has 1 atom stereocenters. The topological polar surface area (TPSA) is 78.0 Å².